The van der Waals surface area contributed by atoms with Crippen molar-refractivity contribution in [1.82, 2.24) is 10.2 Å². The molecule has 3 heteroatoms. The minimum absolute atomic E-state index is 0.233. The van der Waals surface area contributed by atoms with Crippen LogP contribution in [0.2, 0.25) is 0 Å². The van der Waals surface area contributed by atoms with Gasteiger partial charge in [0.05, 0.1) is 5.54 Å². The molecular weight excluding hydrogens is 248 g/mol. The molecule has 1 N–H and O–H groups in total. The molecule has 0 spiro atoms. The van der Waals surface area contributed by atoms with Crippen LogP contribution < -0.4 is 5.32 Å². The van der Waals surface area contributed by atoms with E-state index in [1.165, 1.54) is 11.1 Å². The average molecular weight is 274 g/mol. The normalized spacial score (nSPS) is 21.9. The van der Waals surface area contributed by atoms with Gasteiger partial charge in [-0.1, -0.05) is 38.1 Å². The van der Waals surface area contributed by atoms with Crippen LogP contribution in [0.25, 0.3) is 0 Å². The molecule has 0 bridgehead atoms. The van der Waals surface area contributed by atoms with Crippen molar-refractivity contribution >= 4 is 5.91 Å². The molecule has 1 fully saturated rings. The van der Waals surface area contributed by atoms with Crippen molar-refractivity contribution < 1.29 is 4.79 Å². The Labute approximate surface area is 122 Å². The Morgan fingerprint density at radius 1 is 1.25 bits per heavy atom. The molecule has 1 aliphatic rings. The van der Waals surface area contributed by atoms with Crippen LogP contribution >= 0.6 is 0 Å². The zero-order valence-corrected chi connectivity index (χ0v) is 12.9. The molecule has 0 aromatic heterocycles. The third-order valence-electron chi connectivity index (χ3n) is 4.45. The van der Waals surface area contributed by atoms with Gasteiger partial charge in [0, 0.05) is 13.6 Å². The molecule has 2 rings (SSSR count). The van der Waals surface area contributed by atoms with Crippen molar-refractivity contribution in [2.24, 2.45) is 0 Å². The number of hydrogen-bond donors (Lipinski definition) is 1. The molecule has 1 aromatic carbocycles. The molecule has 0 saturated carbocycles. The first-order valence-corrected chi connectivity index (χ1v) is 7.69. The summed E-state index contributed by atoms with van der Waals surface area (Å²) in [6, 6.07) is 8.56. The predicted molar refractivity (Wildman–Crippen MR) is 82.6 cm³/mol. The Hall–Kier alpha value is -1.35. The number of carbonyl (C=O) groups is 1. The van der Waals surface area contributed by atoms with E-state index in [9.17, 15) is 4.79 Å². The van der Waals surface area contributed by atoms with Crippen molar-refractivity contribution in [3.05, 3.63) is 35.4 Å². The first-order chi connectivity index (χ1) is 9.61. The van der Waals surface area contributed by atoms with E-state index in [1.807, 2.05) is 11.9 Å². The van der Waals surface area contributed by atoms with Crippen LogP contribution in [0, 0.1) is 0 Å². The number of aryl methyl sites for hydroxylation is 1. The fraction of sp³-hybridized carbons (Fsp3) is 0.588. The van der Waals surface area contributed by atoms with Gasteiger partial charge < -0.3 is 10.2 Å². The fourth-order valence-corrected chi connectivity index (χ4v) is 3.03. The Bertz CT molecular complexity index is 447. The maximum atomic E-state index is 12.7. The zero-order valence-electron chi connectivity index (χ0n) is 12.9. The highest BCUT2D eigenvalue weighted by Crippen LogP contribution is 2.25. The van der Waals surface area contributed by atoms with Crippen LogP contribution in [0.3, 0.4) is 0 Å². The maximum absolute atomic E-state index is 12.7. The van der Waals surface area contributed by atoms with Crippen LogP contribution in [0.15, 0.2) is 24.3 Å². The number of benzene rings is 1. The minimum atomic E-state index is -0.321. The van der Waals surface area contributed by atoms with Crippen molar-refractivity contribution in [3.8, 4) is 0 Å². The van der Waals surface area contributed by atoms with Gasteiger partial charge in [-0.25, -0.2) is 0 Å². The van der Waals surface area contributed by atoms with E-state index in [2.05, 4.69) is 43.4 Å². The van der Waals surface area contributed by atoms with Gasteiger partial charge in [0.1, 0.15) is 0 Å². The summed E-state index contributed by atoms with van der Waals surface area (Å²) in [7, 11) is 1.91. The highest BCUT2D eigenvalue weighted by molar-refractivity contribution is 5.86. The van der Waals surface area contributed by atoms with Gasteiger partial charge >= 0.3 is 0 Å². The van der Waals surface area contributed by atoms with Crippen molar-refractivity contribution in [2.75, 3.05) is 13.6 Å². The first kappa shape index (κ1) is 15.0. The monoisotopic (exact) mass is 274 g/mol. The topological polar surface area (TPSA) is 32.3 Å². The van der Waals surface area contributed by atoms with Crippen molar-refractivity contribution in [2.45, 2.75) is 51.6 Å². The second-order valence-corrected chi connectivity index (χ2v) is 5.80. The second kappa shape index (κ2) is 6.40. The summed E-state index contributed by atoms with van der Waals surface area (Å²) in [6.07, 6.45) is 3.98. The van der Waals surface area contributed by atoms with Crippen LogP contribution in [-0.2, 0) is 17.8 Å². The fourth-order valence-electron chi connectivity index (χ4n) is 3.03. The minimum Gasteiger partial charge on any atom is -0.340 e. The van der Waals surface area contributed by atoms with Gasteiger partial charge in [0.25, 0.3) is 0 Å². The van der Waals surface area contributed by atoms with Gasteiger partial charge in [-0.2, -0.15) is 0 Å². The molecule has 0 radical (unpaired) electrons. The van der Waals surface area contributed by atoms with Gasteiger partial charge in [-0.15, -0.1) is 0 Å². The SMILES string of the molecule is CCc1ccc(CN(C)C(=O)C2(CC)CCCN2)cc1. The van der Waals surface area contributed by atoms with E-state index in [-0.39, 0.29) is 11.4 Å². The summed E-state index contributed by atoms with van der Waals surface area (Å²) < 4.78 is 0. The van der Waals surface area contributed by atoms with Crippen LogP contribution in [0.1, 0.15) is 44.2 Å². The lowest BCUT2D eigenvalue weighted by Gasteiger charge is -2.32. The van der Waals surface area contributed by atoms with E-state index < -0.39 is 0 Å². The second-order valence-electron chi connectivity index (χ2n) is 5.80. The molecule has 1 atom stereocenters. The van der Waals surface area contributed by atoms with Crippen LogP contribution in [-0.4, -0.2) is 29.9 Å². The Balaban J connectivity index is 2.03. The van der Waals surface area contributed by atoms with Gasteiger partial charge in [-0.3, -0.25) is 4.79 Å². The van der Waals surface area contributed by atoms with Crippen LogP contribution in [0.4, 0.5) is 0 Å². The van der Waals surface area contributed by atoms with Crippen molar-refractivity contribution in [1.29, 1.82) is 0 Å². The summed E-state index contributed by atoms with van der Waals surface area (Å²) >= 11 is 0. The highest BCUT2D eigenvalue weighted by Gasteiger charge is 2.40. The lowest BCUT2D eigenvalue weighted by molar-refractivity contribution is -0.137. The number of rotatable bonds is 5. The zero-order chi connectivity index (χ0) is 14.6. The molecule has 110 valence electrons. The maximum Gasteiger partial charge on any atom is 0.242 e. The third kappa shape index (κ3) is 3.04. The Morgan fingerprint density at radius 3 is 2.40 bits per heavy atom. The number of likely N-dealkylation sites (N-methyl/N-ethyl adjacent to an activating group) is 1. The molecule has 1 amide bonds. The summed E-state index contributed by atoms with van der Waals surface area (Å²) in [5, 5.41) is 3.41. The summed E-state index contributed by atoms with van der Waals surface area (Å²) in [4.78, 5) is 14.6. The standard InChI is InChI=1S/C17H26N2O/c1-4-14-7-9-15(10-8-14)13-19(3)16(20)17(5-2)11-6-12-18-17/h7-10,18H,4-6,11-13H2,1-3H3. The average Bonchev–Trinajstić information content (AvgIpc) is 2.97. The van der Waals surface area contributed by atoms with E-state index >= 15 is 0 Å². The number of hydrogen-bond acceptors (Lipinski definition) is 2. The largest absolute Gasteiger partial charge is 0.340 e. The molecule has 1 unspecified atom stereocenters. The molecule has 20 heavy (non-hydrogen) atoms. The highest BCUT2D eigenvalue weighted by atomic mass is 16.2. The summed E-state index contributed by atoms with van der Waals surface area (Å²) in [5.74, 6) is 0.233. The van der Waals surface area contributed by atoms with E-state index in [4.69, 9.17) is 0 Å². The van der Waals surface area contributed by atoms with E-state index in [0.717, 1.165) is 32.2 Å². The Kier molecular flexibility index (Phi) is 4.81. The predicted octanol–water partition coefficient (Wildman–Crippen LogP) is 2.74. The molecule has 1 aliphatic heterocycles. The van der Waals surface area contributed by atoms with Gasteiger partial charge in [-0.05, 0) is 43.4 Å². The molecule has 1 aromatic rings. The molecule has 3 nitrogen and oxygen atoms in total. The first-order valence-electron chi connectivity index (χ1n) is 7.69. The van der Waals surface area contributed by atoms with Gasteiger partial charge in [0.2, 0.25) is 5.91 Å². The quantitative estimate of drug-likeness (QED) is 0.895. The number of nitrogens with one attached hydrogen (secondary N) is 1. The van der Waals surface area contributed by atoms with E-state index in [1.54, 1.807) is 0 Å². The lowest BCUT2D eigenvalue weighted by Crippen LogP contribution is -2.53. The number of amides is 1. The lowest BCUT2D eigenvalue weighted by atomic mass is 9.92. The number of nitrogens with zero attached hydrogens (tertiary/aromatic N) is 1. The van der Waals surface area contributed by atoms with Gasteiger partial charge in [0.15, 0.2) is 0 Å². The van der Waals surface area contributed by atoms with E-state index in [0.29, 0.717) is 6.54 Å². The summed E-state index contributed by atoms with van der Waals surface area (Å²) in [6.45, 7) is 5.90. The molecule has 1 heterocycles. The smallest absolute Gasteiger partial charge is 0.242 e. The molecule has 1 saturated heterocycles. The number of carbonyl (C=O) groups excluding carboxylic acids is 1. The third-order valence-corrected chi connectivity index (χ3v) is 4.45. The van der Waals surface area contributed by atoms with Crippen molar-refractivity contribution in [3.63, 3.8) is 0 Å². The molecule has 0 aliphatic carbocycles. The van der Waals surface area contributed by atoms with Crippen LogP contribution in [0.5, 0.6) is 0 Å². The summed E-state index contributed by atoms with van der Waals surface area (Å²) in [5.41, 5.74) is 2.21. The Morgan fingerprint density at radius 2 is 1.90 bits per heavy atom. The molecular formula is C17H26N2O.